The normalized spacial score (nSPS) is 19.7. The minimum absolute atomic E-state index is 0.0888. The molecule has 18 heavy (non-hydrogen) atoms. The van der Waals surface area contributed by atoms with Crippen LogP contribution in [0.3, 0.4) is 0 Å². The van der Waals surface area contributed by atoms with Crippen molar-refractivity contribution in [2.45, 2.75) is 31.5 Å². The Bertz CT molecular complexity index is 335. The van der Waals surface area contributed by atoms with Gasteiger partial charge in [0.1, 0.15) is 6.61 Å². The predicted molar refractivity (Wildman–Crippen MR) is 53.9 cm³/mol. The van der Waals surface area contributed by atoms with E-state index in [4.69, 9.17) is 9.84 Å². The van der Waals surface area contributed by atoms with Crippen LogP contribution in [-0.4, -0.2) is 53.4 Å². The van der Waals surface area contributed by atoms with Gasteiger partial charge in [-0.3, -0.25) is 4.79 Å². The molecule has 5 nitrogen and oxygen atoms in total. The van der Waals surface area contributed by atoms with Crippen molar-refractivity contribution in [3.05, 3.63) is 0 Å². The van der Waals surface area contributed by atoms with Crippen molar-refractivity contribution in [1.82, 2.24) is 4.90 Å². The summed E-state index contributed by atoms with van der Waals surface area (Å²) in [6, 6.07) is 0. The number of aliphatic carboxylic acids is 1. The molecular formula is C10H14F3NO4. The summed E-state index contributed by atoms with van der Waals surface area (Å²) in [6.07, 6.45) is -4.50. The molecule has 0 atom stereocenters. The Morgan fingerprint density at radius 1 is 1.33 bits per heavy atom. The highest BCUT2D eigenvalue weighted by Gasteiger charge is 2.44. The standard InChI is InChI=1S/C10H14F3NO4/c1-9(18-6-7(15)16)2-4-14(5-3-9)8(17)10(11,12)13/h2-6H2,1H3,(H,15,16). The van der Waals surface area contributed by atoms with Crippen LogP contribution in [0.1, 0.15) is 19.8 Å². The Balaban J connectivity index is 2.50. The first kappa shape index (κ1) is 14.7. The molecule has 0 aromatic carbocycles. The van der Waals surface area contributed by atoms with Gasteiger partial charge in [-0.1, -0.05) is 0 Å². The summed E-state index contributed by atoms with van der Waals surface area (Å²) in [5, 5.41) is 8.47. The molecule has 1 rings (SSSR count). The number of likely N-dealkylation sites (tertiary alicyclic amines) is 1. The molecule has 0 saturated carbocycles. The van der Waals surface area contributed by atoms with Gasteiger partial charge >= 0.3 is 18.1 Å². The monoisotopic (exact) mass is 269 g/mol. The third-order valence-electron chi connectivity index (χ3n) is 2.89. The van der Waals surface area contributed by atoms with E-state index >= 15 is 0 Å². The number of carboxylic acids is 1. The number of piperidine rings is 1. The molecule has 104 valence electrons. The van der Waals surface area contributed by atoms with E-state index in [0.29, 0.717) is 4.90 Å². The average molecular weight is 269 g/mol. The quantitative estimate of drug-likeness (QED) is 0.831. The number of alkyl halides is 3. The third kappa shape index (κ3) is 3.86. The SMILES string of the molecule is CC1(OCC(=O)O)CCN(C(=O)C(F)(F)F)CC1. The Morgan fingerprint density at radius 2 is 1.83 bits per heavy atom. The molecule has 0 bridgehead atoms. The topological polar surface area (TPSA) is 66.8 Å². The van der Waals surface area contributed by atoms with Crippen molar-refractivity contribution in [1.29, 1.82) is 0 Å². The van der Waals surface area contributed by atoms with Gasteiger partial charge in [0.25, 0.3) is 0 Å². The first-order chi connectivity index (χ1) is 8.14. The average Bonchev–Trinajstić information content (AvgIpc) is 2.26. The number of amides is 1. The van der Waals surface area contributed by atoms with Gasteiger partial charge in [-0.25, -0.2) is 4.79 Å². The van der Waals surface area contributed by atoms with Crippen molar-refractivity contribution < 1.29 is 32.6 Å². The maximum absolute atomic E-state index is 12.2. The molecule has 1 fully saturated rings. The molecule has 0 aromatic heterocycles. The minimum atomic E-state index is -4.87. The van der Waals surface area contributed by atoms with Crippen molar-refractivity contribution in [2.24, 2.45) is 0 Å². The number of ether oxygens (including phenoxy) is 1. The van der Waals surface area contributed by atoms with Crippen molar-refractivity contribution in [3.63, 3.8) is 0 Å². The predicted octanol–water partition coefficient (Wildman–Crippen LogP) is 1.03. The first-order valence-corrected chi connectivity index (χ1v) is 5.36. The molecule has 0 aliphatic carbocycles. The highest BCUT2D eigenvalue weighted by atomic mass is 19.4. The van der Waals surface area contributed by atoms with E-state index in [1.807, 2.05) is 0 Å². The van der Waals surface area contributed by atoms with Crippen molar-refractivity contribution >= 4 is 11.9 Å². The van der Waals surface area contributed by atoms with E-state index in [1.54, 1.807) is 6.92 Å². The minimum Gasteiger partial charge on any atom is -0.480 e. The van der Waals surface area contributed by atoms with Crippen LogP contribution in [0.4, 0.5) is 13.2 Å². The Kier molecular flexibility index (Phi) is 4.20. The zero-order valence-electron chi connectivity index (χ0n) is 9.79. The number of nitrogens with zero attached hydrogens (tertiary/aromatic N) is 1. The maximum atomic E-state index is 12.2. The van der Waals surface area contributed by atoms with Gasteiger partial charge in [-0.05, 0) is 19.8 Å². The van der Waals surface area contributed by atoms with E-state index in [9.17, 15) is 22.8 Å². The first-order valence-electron chi connectivity index (χ1n) is 5.36. The van der Waals surface area contributed by atoms with Gasteiger partial charge in [0.15, 0.2) is 0 Å². The van der Waals surface area contributed by atoms with Gasteiger partial charge in [-0.15, -0.1) is 0 Å². The van der Waals surface area contributed by atoms with Crippen LogP contribution in [0, 0.1) is 0 Å². The summed E-state index contributed by atoms with van der Waals surface area (Å²) in [7, 11) is 0. The molecule has 1 heterocycles. The summed E-state index contributed by atoms with van der Waals surface area (Å²) >= 11 is 0. The molecule has 0 radical (unpaired) electrons. The van der Waals surface area contributed by atoms with E-state index in [1.165, 1.54) is 0 Å². The highest BCUT2D eigenvalue weighted by Crippen LogP contribution is 2.28. The smallest absolute Gasteiger partial charge is 0.471 e. The molecule has 1 saturated heterocycles. The fourth-order valence-corrected chi connectivity index (χ4v) is 1.74. The second-order valence-electron chi connectivity index (χ2n) is 4.42. The number of carboxylic acid groups (broad SMARTS) is 1. The summed E-state index contributed by atoms with van der Waals surface area (Å²) in [5.41, 5.74) is -0.791. The maximum Gasteiger partial charge on any atom is 0.471 e. The second-order valence-corrected chi connectivity index (χ2v) is 4.42. The fraction of sp³-hybridized carbons (Fsp3) is 0.800. The van der Waals surface area contributed by atoms with Crippen LogP contribution >= 0.6 is 0 Å². The third-order valence-corrected chi connectivity index (χ3v) is 2.89. The van der Waals surface area contributed by atoms with Gasteiger partial charge in [0.05, 0.1) is 5.60 Å². The summed E-state index contributed by atoms with van der Waals surface area (Å²) < 4.78 is 41.7. The lowest BCUT2D eigenvalue weighted by Gasteiger charge is -2.39. The van der Waals surface area contributed by atoms with E-state index < -0.39 is 30.3 Å². The number of hydrogen-bond donors (Lipinski definition) is 1. The van der Waals surface area contributed by atoms with E-state index in [-0.39, 0.29) is 25.9 Å². The largest absolute Gasteiger partial charge is 0.480 e. The summed E-state index contributed by atoms with van der Waals surface area (Å²) in [4.78, 5) is 22.0. The van der Waals surface area contributed by atoms with Crippen LogP contribution in [0.15, 0.2) is 0 Å². The molecule has 8 heteroatoms. The molecular weight excluding hydrogens is 255 g/mol. The van der Waals surface area contributed by atoms with Crippen LogP contribution in [-0.2, 0) is 14.3 Å². The van der Waals surface area contributed by atoms with Crippen LogP contribution in [0.5, 0.6) is 0 Å². The molecule has 1 amide bonds. The molecule has 1 aliphatic rings. The Hall–Kier alpha value is -1.31. The Labute approximate surface area is 102 Å². The molecule has 0 spiro atoms. The van der Waals surface area contributed by atoms with Gasteiger partial charge < -0.3 is 14.7 Å². The zero-order valence-corrected chi connectivity index (χ0v) is 9.79. The van der Waals surface area contributed by atoms with Crippen LogP contribution in [0.25, 0.3) is 0 Å². The van der Waals surface area contributed by atoms with Gasteiger partial charge in [0.2, 0.25) is 0 Å². The number of carbonyl (C=O) groups is 2. The summed E-state index contributed by atoms with van der Waals surface area (Å²) in [6.45, 7) is 0.956. The van der Waals surface area contributed by atoms with Crippen molar-refractivity contribution in [3.8, 4) is 0 Å². The highest BCUT2D eigenvalue weighted by molar-refractivity contribution is 5.81. The summed E-state index contributed by atoms with van der Waals surface area (Å²) in [5.74, 6) is -2.99. The lowest BCUT2D eigenvalue weighted by atomic mass is 9.93. The number of rotatable bonds is 3. The number of carbonyl (C=O) groups excluding carboxylic acids is 1. The van der Waals surface area contributed by atoms with E-state index in [0.717, 1.165) is 0 Å². The van der Waals surface area contributed by atoms with Crippen LogP contribution < -0.4 is 0 Å². The second kappa shape index (κ2) is 5.13. The van der Waals surface area contributed by atoms with Crippen molar-refractivity contribution in [2.75, 3.05) is 19.7 Å². The fourth-order valence-electron chi connectivity index (χ4n) is 1.74. The van der Waals surface area contributed by atoms with Gasteiger partial charge in [0, 0.05) is 13.1 Å². The molecule has 1 N–H and O–H groups in total. The molecule has 0 unspecified atom stereocenters. The number of halogens is 3. The molecule has 0 aromatic rings. The molecule has 1 aliphatic heterocycles. The van der Waals surface area contributed by atoms with E-state index in [2.05, 4.69) is 0 Å². The lowest BCUT2D eigenvalue weighted by molar-refractivity contribution is -0.190. The zero-order chi connectivity index (χ0) is 14.0. The van der Waals surface area contributed by atoms with Crippen LogP contribution in [0.2, 0.25) is 0 Å². The number of hydrogen-bond acceptors (Lipinski definition) is 3. The lowest BCUT2D eigenvalue weighted by Crippen LogP contribution is -2.50. The van der Waals surface area contributed by atoms with Gasteiger partial charge in [-0.2, -0.15) is 13.2 Å². The Morgan fingerprint density at radius 3 is 2.22 bits per heavy atom.